The Labute approximate surface area is 159 Å². The smallest absolute Gasteiger partial charge is 0.231 e. The molecule has 1 aliphatic rings. The summed E-state index contributed by atoms with van der Waals surface area (Å²) in [5.41, 5.74) is 1.10. The van der Waals surface area contributed by atoms with Gasteiger partial charge in [-0.25, -0.2) is 0 Å². The van der Waals surface area contributed by atoms with Crippen molar-refractivity contribution in [1.29, 1.82) is 0 Å². The summed E-state index contributed by atoms with van der Waals surface area (Å²) >= 11 is 0. The van der Waals surface area contributed by atoms with E-state index in [1.807, 2.05) is 36.4 Å². The standard InChI is InChI=1S/C21H26O6/c1-21(2,23)19(22)12-25-16-8-6-14(7-9-16)4-5-15-10-17(24-3)20-18(11-15)26-13-27-20/h6-11,19,22-23H,4-5,12-13H2,1-3H3/t19-/m1/s1. The first-order valence-electron chi connectivity index (χ1n) is 8.95. The van der Waals surface area contributed by atoms with E-state index in [1.165, 1.54) is 5.56 Å². The topological polar surface area (TPSA) is 77.4 Å². The average molecular weight is 374 g/mol. The summed E-state index contributed by atoms with van der Waals surface area (Å²) in [6, 6.07) is 11.7. The van der Waals surface area contributed by atoms with Crippen molar-refractivity contribution in [3.63, 3.8) is 0 Å². The maximum absolute atomic E-state index is 9.82. The maximum Gasteiger partial charge on any atom is 0.231 e. The molecule has 3 rings (SSSR count). The van der Waals surface area contributed by atoms with E-state index in [-0.39, 0.29) is 13.4 Å². The quantitative estimate of drug-likeness (QED) is 0.740. The lowest BCUT2D eigenvalue weighted by molar-refractivity contribution is -0.0661. The minimum atomic E-state index is -1.19. The van der Waals surface area contributed by atoms with Crippen molar-refractivity contribution in [2.75, 3.05) is 20.5 Å². The van der Waals surface area contributed by atoms with Crippen LogP contribution in [0.4, 0.5) is 0 Å². The van der Waals surface area contributed by atoms with E-state index < -0.39 is 11.7 Å². The van der Waals surface area contributed by atoms with Crippen molar-refractivity contribution in [3.05, 3.63) is 47.5 Å². The summed E-state index contributed by atoms with van der Waals surface area (Å²) in [6.07, 6.45) is 0.748. The normalized spacial score (nSPS) is 14.1. The fourth-order valence-corrected chi connectivity index (χ4v) is 2.75. The van der Waals surface area contributed by atoms with E-state index in [0.717, 1.165) is 24.2 Å². The lowest BCUT2D eigenvalue weighted by atomic mass is 10.0. The number of hydrogen-bond donors (Lipinski definition) is 2. The predicted octanol–water partition coefficient (Wildman–Crippen LogP) is 2.72. The largest absolute Gasteiger partial charge is 0.493 e. The van der Waals surface area contributed by atoms with Gasteiger partial charge in [-0.05, 0) is 62.1 Å². The molecule has 0 aliphatic carbocycles. The molecule has 146 valence electrons. The third-order valence-electron chi connectivity index (χ3n) is 4.57. The molecule has 1 atom stereocenters. The number of ether oxygens (including phenoxy) is 4. The molecule has 0 bridgehead atoms. The summed E-state index contributed by atoms with van der Waals surface area (Å²) in [6.45, 7) is 3.36. The molecular weight excluding hydrogens is 348 g/mol. The van der Waals surface area contributed by atoms with E-state index in [2.05, 4.69) is 0 Å². The van der Waals surface area contributed by atoms with Gasteiger partial charge in [0.1, 0.15) is 18.5 Å². The fourth-order valence-electron chi connectivity index (χ4n) is 2.75. The number of aryl methyl sites for hydroxylation is 2. The van der Waals surface area contributed by atoms with Crippen LogP contribution < -0.4 is 18.9 Å². The van der Waals surface area contributed by atoms with E-state index in [0.29, 0.717) is 17.2 Å². The van der Waals surface area contributed by atoms with E-state index in [9.17, 15) is 10.2 Å². The number of aliphatic hydroxyl groups is 2. The van der Waals surface area contributed by atoms with Crippen LogP contribution in [0.25, 0.3) is 0 Å². The highest BCUT2D eigenvalue weighted by Gasteiger charge is 2.25. The Bertz CT molecular complexity index is 763. The minimum absolute atomic E-state index is 0.0415. The van der Waals surface area contributed by atoms with E-state index >= 15 is 0 Å². The lowest BCUT2D eigenvalue weighted by Crippen LogP contribution is -2.40. The maximum atomic E-state index is 9.82. The molecule has 0 amide bonds. The number of benzene rings is 2. The Kier molecular flexibility index (Phi) is 5.77. The van der Waals surface area contributed by atoms with Crippen LogP contribution in [0.2, 0.25) is 0 Å². The highest BCUT2D eigenvalue weighted by Crippen LogP contribution is 2.42. The second-order valence-corrected chi connectivity index (χ2v) is 7.16. The van der Waals surface area contributed by atoms with Crippen LogP contribution in [0, 0.1) is 0 Å². The molecule has 0 aromatic heterocycles. The van der Waals surface area contributed by atoms with E-state index in [1.54, 1.807) is 21.0 Å². The molecule has 2 aromatic rings. The van der Waals surface area contributed by atoms with Crippen LogP contribution in [0.15, 0.2) is 36.4 Å². The van der Waals surface area contributed by atoms with Gasteiger partial charge in [0.2, 0.25) is 12.5 Å². The van der Waals surface area contributed by atoms with Gasteiger partial charge in [-0.15, -0.1) is 0 Å². The molecule has 1 heterocycles. The lowest BCUT2D eigenvalue weighted by Gasteiger charge is -2.24. The Hall–Kier alpha value is -2.44. The Morgan fingerprint density at radius 1 is 1.07 bits per heavy atom. The molecule has 0 saturated heterocycles. The summed E-state index contributed by atoms with van der Waals surface area (Å²) < 4.78 is 21.8. The summed E-state index contributed by atoms with van der Waals surface area (Å²) in [7, 11) is 1.62. The van der Waals surface area contributed by atoms with Crippen molar-refractivity contribution >= 4 is 0 Å². The molecule has 0 radical (unpaired) electrons. The van der Waals surface area contributed by atoms with Crippen LogP contribution in [0.3, 0.4) is 0 Å². The SMILES string of the molecule is COc1cc(CCc2ccc(OC[C@@H](O)C(C)(C)O)cc2)cc2c1OCO2. The fraction of sp³-hybridized carbons (Fsp3) is 0.429. The summed E-state index contributed by atoms with van der Waals surface area (Å²) in [5.74, 6) is 2.73. The molecule has 0 spiro atoms. The Morgan fingerprint density at radius 2 is 1.78 bits per heavy atom. The summed E-state index contributed by atoms with van der Waals surface area (Å²) in [5, 5.41) is 19.5. The van der Waals surface area contributed by atoms with Crippen LogP contribution in [-0.2, 0) is 12.8 Å². The van der Waals surface area contributed by atoms with Crippen molar-refractivity contribution < 1.29 is 29.2 Å². The van der Waals surface area contributed by atoms with Gasteiger partial charge in [0.15, 0.2) is 11.5 Å². The van der Waals surface area contributed by atoms with Crippen LogP contribution >= 0.6 is 0 Å². The number of aliphatic hydroxyl groups excluding tert-OH is 1. The van der Waals surface area contributed by atoms with Gasteiger partial charge < -0.3 is 29.2 Å². The third-order valence-corrected chi connectivity index (χ3v) is 4.57. The van der Waals surface area contributed by atoms with Crippen molar-refractivity contribution in [3.8, 4) is 23.0 Å². The van der Waals surface area contributed by atoms with Crippen LogP contribution in [0.1, 0.15) is 25.0 Å². The zero-order valence-corrected chi connectivity index (χ0v) is 15.9. The van der Waals surface area contributed by atoms with Gasteiger partial charge in [0, 0.05) is 0 Å². The number of methoxy groups -OCH3 is 1. The predicted molar refractivity (Wildman–Crippen MR) is 101 cm³/mol. The number of rotatable bonds is 8. The third kappa shape index (κ3) is 4.84. The van der Waals surface area contributed by atoms with Gasteiger partial charge in [-0.3, -0.25) is 0 Å². The molecule has 0 saturated carbocycles. The van der Waals surface area contributed by atoms with Crippen molar-refractivity contribution in [2.45, 2.75) is 38.4 Å². The summed E-state index contributed by atoms with van der Waals surface area (Å²) in [4.78, 5) is 0. The van der Waals surface area contributed by atoms with E-state index in [4.69, 9.17) is 18.9 Å². The van der Waals surface area contributed by atoms with Crippen molar-refractivity contribution in [1.82, 2.24) is 0 Å². The highest BCUT2D eigenvalue weighted by atomic mass is 16.7. The zero-order chi connectivity index (χ0) is 19.4. The minimum Gasteiger partial charge on any atom is -0.493 e. The highest BCUT2D eigenvalue weighted by molar-refractivity contribution is 5.55. The first-order valence-corrected chi connectivity index (χ1v) is 8.95. The molecule has 27 heavy (non-hydrogen) atoms. The second-order valence-electron chi connectivity index (χ2n) is 7.16. The average Bonchev–Trinajstić information content (AvgIpc) is 3.12. The van der Waals surface area contributed by atoms with Gasteiger partial charge in [-0.1, -0.05) is 12.1 Å². The first-order chi connectivity index (χ1) is 12.9. The van der Waals surface area contributed by atoms with Crippen LogP contribution in [-0.4, -0.2) is 42.4 Å². The first kappa shape index (κ1) is 19.3. The Balaban J connectivity index is 1.56. The molecule has 6 heteroatoms. The van der Waals surface area contributed by atoms with Crippen molar-refractivity contribution in [2.24, 2.45) is 0 Å². The molecule has 6 nitrogen and oxygen atoms in total. The second kappa shape index (κ2) is 8.06. The van der Waals surface area contributed by atoms with Gasteiger partial charge >= 0.3 is 0 Å². The molecule has 0 fully saturated rings. The monoisotopic (exact) mass is 374 g/mol. The Morgan fingerprint density at radius 3 is 2.44 bits per heavy atom. The van der Waals surface area contributed by atoms with Gasteiger partial charge in [0.05, 0.1) is 12.7 Å². The van der Waals surface area contributed by atoms with Gasteiger partial charge in [-0.2, -0.15) is 0 Å². The number of fused-ring (bicyclic) bond motifs is 1. The molecule has 0 unspecified atom stereocenters. The molecule has 2 N–H and O–H groups in total. The zero-order valence-electron chi connectivity index (χ0n) is 15.9. The number of hydrogen-bond acceptors (Lipinski definition) is 6. The molecular formula is C21H26O6. The van der Waals surface area contributed by atoms with Crippen LogP contribution in [0.5, 0.6) is 23.0 Å². The molecule has 2 aromatic carbocycles. The van der Waals surface area contributed by atoms with Gasteiger partial charge in [0.25, 0.3) is 0 Å². The molecule has 1 aliphatic heterocycles.